The van der Waals surface area contributed by atoms with E-state index in [1.165, 1.54) is 12.5 Å². The third-order valence-corrected chi connectivity index (χ3v) is 5.04. The molecule has 0 heterocycles. The minimum Gasteiger partial charge on any atom is -0.254 e. The molecule has 88 valence electrons. The second-order valence-corrected chi connectivity index (χ2v) is 6.32. The lowest BCUT2D eigenvalue weighted by Crippen LogP contribution is -2.23. The van der Waals surface area contributed by atoms with Gasteiger partial charge in [0.25, 0.3) is 0 Å². The van der Waals surface area contributed by atoms with Crippen molar-refractivity contribution in [1.82, 2.24) is 0 Å². The molecule has 3 heteroatoms. The standard InChI is InChI=1S/C13H17FOS/c1-10-5-4-6-11(9-10)16(15)13-8-3-2-7-12(13)14/h2-3,7-8,10-11H,4-6,9H2,1H3. The van der Waals surface area contributed by atoms with E-state index in [4.69, 9.17) is 0 Å². The van der Waals surface area contributed by atoms with E-state index in [9.17, 15) is 8.60 Å². The molecule has 1 saturated carbocycles. The molecular weight excluding hydrogens is 223 g/mol. The third-order valence-electron chi connectivity index (χ3n) is 3.24. The van der Waals surface area contributed by atoms with Gasteiger partial charge in [-0.1, -0.05) is 31.9 Å². The Labute approximate surface area is 98.5 Å². The summed E-state index contributed by atoms with van der Waals surface area (Å²) in [6.45, 7) is 2.19. The van der Waals surface area contributed by atoms with Gasteiger partial charge in [0.05, 0.1) is 15.7 Å². The molecule has 1 fully saturated rings. The van der Waals surface area contributed by atoms with Gasteiger partial charge >= 0.3 is 0 Å². The SMILES string of the molecule is CC1CCCC(S(=O)c2ccccc2F)C1. The lowest BCUT2D eigenvalue weighted by molar-refractivity contribution is 0.389. The van der Waals surface area contributed by atoms with Crippen LogP contribution in [-0.4, -0.2) is 9.46 Å². The maximum absolute atomic E-state index is 13.5. The largest absolute Gasteiger partial charge is 0.254 e. The molecule has 1 nitrogen and oxygen atoms in total. The molecule has 0 amide bonds. The van der Waals surface area contributed by atoms with E-state index in [-0.39, 0.29) is 11.1 Å². The summed E-state index contributed by atoms with van der Waals surface area (Å²) >= 11 is 0. The van der Waals surface area contributed by atoms with E-state index in [0.717, 1.165) is 19.3 Å². The van der Waals surface area contributed by atoms with E-state index in [0.29, 0.717) is 10.8 Å². The second kappa shape index (κ2) is 5.09. The first-order chi connectivity index (χ1) is 7.68. The zero-order chi connectivity index (χ0) is 11.5. The number of halogens is 1. The van der Waals surface area contributed by atoms with Gasteiger partial charge in [-0.3, -0.25) is 4.21 Å². The van der Waals surface area contributed by atoms with Gasteiger partial charge in [0.1, 0.15) is 5.82 Å². The monoisotopic (exact) mass is 240 g/mol. The summed E-state index contributed by atoms with van der Waals surface area (Å²) < 4.78 is 25.7. The molecule has 1 aliphatic carbocycles. The first kappa shape index (κ1) is 11.8. The highest BCUT2D eigenvalue weighted by Gasteiger charge is 2.26. The Morgan fingerprint density at radius 3 is 2.75 bits per heavy atom. The molecule has 0 aliphatic heterocycles. The molecule has 16 heavy (non-hydrogen) atoms. The molecular formula is C13H17FOS. The van der Waals surface area contributed by atoms with Crippen LogP contribution in [0.3, 0.4) is 0 Å². The Bertz CT molecular complexity index is 391. The Hall–Kier alpha value is -0.700. The van der Waals surface area contributed by atoms with Gasteiger partial charge in [-0.2, -0.15) is 0 Å². The molecule has 0 N–H and O–H groups in total. The maximum atomic E-state index is 13.5. The van der Waals surface area contributed by atoms with Crippen LogP contribution in [0.1, 0.15) is 32.6 Å². The van der Waals surface area contributed by atoms with Gasteiger partial charge in [-0.05, 0) is 30.9 Å². The molecule has 1 aliphatic rings. The van der Waals surface area contributed by atoms with Crippen LogP contribution in [0.2, 0.25) is 0 Å². The first-order valence-corrected chi connectivity index (χ1v) is 7.05. The second-order valence-electron chi connectivity index (χ2n) is 4.62. The lowest BCUT2D eigenvalue weighted by Gasteiger charge is -2.26. The Kier molecular flexibility index (Phi) is 3.74. The number of hydrogen-bond acceptors (Lipinski definition) is 1. The van der Waals surface area contributed by atoms with Gasteiger partial charge in [0.15, 0.2) is 0 Å². The Morgan fingerprint density at radius 2 is 2.06 bits per heavy atom. The average Bonchev–Trinajstić information content (AvgIpc) is 2.29. The molecule has 3 unspecified atom stereocenters. The highest BCUT2D eigenvalue weighted by atomic mass is 32.2. The van der Waals surface area contributed by atoms with Gasteiger partial charge in [0.2, 0.25) is 0 Å². The smallest absolute Gasteiger partial charge is 0.139 e. The lowest BCUT2D eigenvalue weighted by atomic mass is 9.91. The summed E-state index contributed by atoms with van der Waals surface area (Å²) in [6.07, 6.45) is 4.25. The van der Waals surface area contributed by atoms with E-state index in [2.05, 4.69) is 6.92 Å². The summed E-state index contributed by atoms with van der Waals surface area (Å²) in [7, 11) is -1.18. The van der Waals surface area contributed by atoms with Gasteiger partial charge in [0, 0.05) is 5.25 Å². The van der Waals surface area contributed by atoms with E-state index >= 15 is 0 Å². The fourth-order valence-electron chi connectivity index (χ4n) is 2.36. The minimum atomic E-state index is -1.18. The van der Waals surface area contributed by atoms with Crippen LogP contribution in [-0.2, 0) is 10.8 Å². The average molecular weight is 240 g/mol. The van der Waals surface area contributed by atoms with Gasteiger partial charge in [-0.25, -0.2) is 4.39 Å². The molecule has 0 spiro atoms. The summed E-state index contributed by atoms with van der Waals surface area (Å²) in [6, 6.07) is 6.42. The summed E-state index contributed by atoms with van der Waals surface area (Å²) in [5, 5.41) is 0.139. The fourth-order valence-corrected chi connectivity index (χ4v) is 4.08. The van der Waals surface area contributed by atoms with Crippen molar-refractivity contribution in [3.63, 3.8) is 0 Å². The Morgan fingerprint density at radius 1 is 1.31 bits per heavy atom. The van der Waals surface area contributed by atoms with Crippen molar-refractivity contribution in [2.45, 2.75) is 42.8 Å². The zero-order valence-electron chi connectivity index (χ0n) is 9.49. The van der Waals surface area contributed by atoms with Crippen LogP contribution in [0.25, 0.3) is 0 Å². The van der Waals surface area contributed by atoms with Crippen LogP contribution >= 0.6 is 0 Å². The summed E-state index contributed by atoms with van der Waals surface area (Å²) in [4.78, 5) is 0.376. The highest BCUT2D eigenvalue weighted by Crippen LogP contribution is 2.30. The fraction of sp³-hybridized carbons (Fsp3) is 0.538. The molecule has 0 bridgehead atoms. The normalized spacial score (nSPS) is 27.6. The van der Waals surface area contributed by atoms with Crippen molar-refractivity contribution in [1.29, 1.82) is 0 Å². The maximum Gasteiger partial charge on any atom is 0.139 e. The highest BCUT2D eigenvalue weighted by molar-refractivity contribution is 7.85. The molecule has 0 saturated heterocycles. The van der Waals surface area contributed by atoms with Crippen molar-refractivity contribution in [2.75, 3.05) is 0 Å². The molecule has 0 aromatic heterocycles. The first-order valence-electron chi connectivity index (χ1n) is 5.83. The zero-order valence-corrected chi connectivity index (χ0v) is 10.3. The van der Waals surface area contributed by atoms with Crippen LogP contribution in [0.4, 0.5) is 4.39 Å². The van der Waals surface area contributed by atoms with Crippen LogP contribution < -0.4 is 0 Å². The Balaban J connectivity index is 2.16. The quantitative estimate of drug-likeness (QED) is 0.773. The summed E-state index contributed by atoms with van der Waals surface area (Å²) in [5.41, 5.74) is 0. The van der Waals surface area contributed by atoms with Crippen molar-refractivity contribution in [2.24, 2.45) is 5.92 Å². The predicted molar refractivity (Wildman–Crippen MR) is 64.2 cm³/mol. The van der Waals surface area contributed by atoms with Crippen molar-refractivity contribution < 1.29 is 8.60 Å². The van der Waals surface area contributed by atoms with Gasteiger partial charge < -0.3 is 0 Å². The molecule has 1 aromatic rings. The van der Waals surface area contributed by atoms with Crippen molar-refractivity contribution in [3.05, 3.63) is 30.1 Å². The summed E-state index contributed by atoms with van der Waals surface area (Å²) in [5.74, 6) is 0.286. The van der Waals surface area contributed by atoms with E-state index in [1.54, 1.807) is 18.2 Å². The van der Waals surface area contributed by atoms with Crippen molar-refractivity contribution in [3.8, 4) is 0 Å². The predicted octanol–water partition coefficient (Wildman–Crippen LogP) is 3.51. The minimum absolute atomic E-state index is 0.139. The van der Waals surface area contributed by atoms with E-state index in [1.807, 2.05) is 0 Å². The van der Waals surface area contributed by atoms with Crippen LogP contribution in [0, 0.1) is 11.7 Å². The third kappa shape index (κ3) is 2.51. The van der Waals surface area contributed by atoms with Crippen molar-refractivity contribution >= 4 is 10.8 Å². The number of benzene rings is 1. The molecule has 0 radical (unpaired) electrons. The van der Waals surface area contributed by atoms with Crippen LogP contribution in [0.5, 0.6) is 0 Å². The number of hydrogen-bond donors (Lipinski definition) is 0. The molecule has 3 atom stereocenters. The van der Waals surface area contributed by atoms with Crippen LogP contribution in [0.15, 0.2) is 29.2 Å². The molecule has 1 aromatic carbocycles. The number of rotatable bonds is 2. The topological polar surface area (TPSA) is 17.1 Å². The van der Waals surface area contributed by atoms with E-state index < -0.39 is 10.8 Å². The van der Waals surface area contributed by atoms with Gasteiger partial charge in [-0.15, -0.1) is 0 Å². The molecule has 2 rings (SSSR count).